The van der Waals surface area contributed by atoms with E-state index in [-0.39, 0.29) is 18.1 Å². The Labute approximate surface area is 222 Å². The van der Waals surface area contributed by atoms with E-state index in [2.05, 4.69) is 33.3 Å². The zero-order valence-corrected chi connectivity index (χ0v) is 21.9. The minimum absolute atomic E-state index is 0.00301. The zero-order chi connectivity index (χ0) is 25.7. The number of hydrazine groups is 1. The van der Waals surface area contributed by atoms with E-state index in [4.69, 9.17) is 9.47 Å². The number of amides is 3. The van der Waals surface area contributed by atoms with Crippen molar-refractivity contribution in [1.29, 1.82) is 0 Å². The van der Waals surface area contributed by atoms with Gasteiger partial charge >= 0.3 is 0 Å². The second-order valence-corrected chi connectivity index (χ2v) is 9.10. The van der Waals surface area contributed by atoms with Gasteiger partial charge in [-0.1, -0.05) is 35.9 Å². The summed E-state index contributed by atoms with van der Waals surface area (Å²) in [7, 11) is 0. The predicted molar refractivity (Wildman–Crippen MR) is 146 cm³/mol. The molecule has 184 valence electrons. The molecule has 1 aliphatic heterocycles. The van der Waals surface area contributed by atoms with Crippen molar-refractivity contribution in [2.24, 2.45) is 0 Å². The molecule has 1 heterocycles. The van der Waals surface area contributed by atoms with E-state index < -0.39 is 11.8 Å². The minimum Gasteiger partial charge on any atom is -0.490 e. The summed E-state index contributed by atoms with van der Waals surface area (Å²) in [6, 6.07) is 19.8. The van der Waals surface area contributed by atoms with Crippen LogP contribution in [0.5, 0.6) is 11.5 Å². The molecule has 0 radical (unpaired) electrons. The molecule has 9 heteroatoms. The third-order valence-electron chi connectivity index (χ3n) is 5.23. The highest BCUT2D eigenvalue weighted by Crippen LogP contribution is 2.35. The largest absolute Gasteiger partial charge is 0.490 e. The molecule has 1 aliphatic rings. The molecule has 36 heavy (non-hydrogen) atoms. The lowest BCUT2D eigenvalue weighted by Crippen LogP contribution is -2.35. The van der Waals surface area contributed by atoms with E-state index in [0.29, 0.717) is 38.6 Å². The molecule has 4 rings (SSSR count). The lowest BCUT2D eigenvalue weighted by atomic mass is 10.1. The first-order valence-electron chi connectivity index (χ1n) is 11.2. The van der Waals surface area contributed by atoms with Crippen LogP contribution in [-0.2, 0) is 14.4 Å². The molecule has 0 saturated carbocycles. The number of para-hydroxylation sites is 1. The van der Waals surface area contributed by atoms with Gasteiger partial charge in [0.1, 0.15) is 5.57 Å². The Kier molecular flexibility index (Phi) is 7.89. The molecule has 0 spiro atoms. The van der Waals surface area contributed by atoms with Crippen LogP contribution in [-0.4, -0.2) is 30.9 Å². The van der Waals surface area contributed by atoms with Gasteiger partial charge < -0.3 is 14.8 Å². The van der Waals surface area contributed by atoms with Crippen LogP contribution in [0.4, 0.5) is 11.4 Å². The Morgan fingerprint density at radius 3 is 2.47 bits per heavy atom. The average Bonchev–Trinajstić information content (AvgIpc) is 3.14. The summed E-state index contributed by atoms with van der Waals surface area (Å²) in [5.74, 6) is -0.438. The van der Waals surface area contributed by atoms with Crippen LogP contribution in [0.3, 0.4) is 0 Å². The molecular weight excluding hydrogens is 573 g/mol. The fraction of sp³-hybridized carbons (Fsp3) is 0.148. The zero-order valence-electron chi connectivity index (χ0n) is 19.7. The Hall–Kier alpha value is -3.86. The number of halogens is 1. The summed E-state index contributed by atoms with van der Waals surface area (Å²) in [5.41, 5.74) is 5.52. The highest BCUT2D eigenvalue weighted by Gasteiger charge is 2.34. The Morgan fingerprint density at radius 2 is 1.78 bits per heavy atom. The van der Waals surface area contributed by atoms with E-state index in [1.165, 1.54) is 11.1 Å². The van der Waals surface area contributed by atoms with Crippen LogP contribution in [0.15, 0.2) is 72.3 Å². The van der Waals surface area contributed by atoms with Crippen LogP contribution in [0.25, 0.3) is 6.08 Å². The van der Waals surface area contributed by atoms with Gasteiger partial charge in [-0.3, -0.25) is 19.8 Å². The van der Waals surface area contributed by atoms with Crippen LogP contribution in [0.1, 0.15) is 18.1 Å². The highest BCUT2D eigenvalue weighted by atomic mass is 127. The lowest BCUT2D eigenvalue weighted by molar-refractivity contribution is -0.118. The summed E-state index contributed by atoms with van der Waals surface area (Å²) in [6.45, 7) is 3.96. The van der Waals surface area contributed by atoms with Gasteiger partial charge in [0.05, 0.1) is 15.9 Å². The number of ether oxygens (including phenoxy) is 2. The van der Waals surface area contributed by atoms with Crippen molar-refractivity contribution >= 4 is 57.8 Å². The number of hydrogen-bond acceptors (Lipinski definition) is 5. The van der Waals surface area contributed by atoms with Crippen LogP contribution in [0, 0.1) is 10.5 Å². The third-order valence-corrected chi connectivity index (χ3v) is 6.03. The van der Waals surface area contributed by atoms with Gasteiger partial charge in [0.25, 0.3) is 17.7 Å². The molecular formula is C27H24IN3O5. The maximum absolute atomic E-state index is 12.9. The smallest absolute Gasteiger partial charge is 0.282 e. The topological polar surface area (TPSA) is 97.0 Å². The maximum atomic E-state index is 12.9. The summed E-state index contributed by atoms with van der Waals surface area (Å²) >= 11 is 2.07. The van der Waals surface area contributed by atoms with Gasteiger partial charge in [0.15, 0.2) is 18.1 Å². The van der Waals surface area contributed by atoms with Crippen molar-refractivity contribution < 1.29 is 23.9 Å². The predicted octanol–water partition coefficient (Wildman–Crippen LogP) is 4.48. The monoisotopic (exact) mass is 597 g/mol. The SMILES string of the molecule is CCOc1cc(/C=C2/C(=O)NN(c3ccccc3)C2=O)cc(I)c1OCC(=O)Nc1ccc(C)cc1. The van der Waals surface area contributed by atoms with Gasteiger partial charge in [0, 0.05) is 5.69 Å². The first-order valence-corrected chi connectivity index (χ1v) is 12.3. The van der Waals surface area contributed by atoms with E-state index >= 15 is 0 Å². The fourth-order valence-corrected chi connectivity index (χ4v) is 4.31. The van der Waals surface area contributed by atoms with Gasteiger partial charge in [-0.2, -0.15) is 0 Å². The molecule has 0 atom stereocenters. The van der Waals surface area contributed by atoms with Gasteiger partial charge in [-0.25, -0.2) is 5.01 Å². The molecule has 3 aromatic carbocycles. The lowest BCUT2D eigenvalue weighted by Gasteiger charge is -2.15. The molecule has 0 aliphatic carbocycles. The Bertz CT molecular complexity index is 1320. The standard InChI is InChI=1S/C27H24IN3O5/c1-3-35-23-15-18(13-21-26(33)30-31(27(21)34)20-7-5-4-6-8-20)14-22(28)25(23)36-16-24(32)29-19-11-9-17(2)10-12-19/h4-15H,3,16H2,1-2H3,(H,29,32)(H,30,33)/b21-13-. The number of hydrogen-bond donors (Lipinski definition) is 2. The van der Waals surface area contributed by atoms with Gasteiger partial charge in [0.2, 0.25) is 0 Å². The molecule has 3 amide bonds. The number of carbonyl (C=O) groups is 3. The summed E-state index contributed by atoms with van der Waals surface area (Å²) in [4.78, 5) is 37.8. The van der Waals surface area contributed by atoms with Crippen LogP contribution >= 0.6 is 22.6 Å². The number of nitrogens with zero attached hydrogens (tertiary/aromatic N) is 1. The molecule has 1 saturated heterocycles. The van der Waals surface area contributed by atoms with Crippen molar-refractivity contribution in [3.8, 4) is 11.5 Å². The molecule has 0 bridgehead atoms. The second-order valence-electron chi connectivity index (χ2n) is 7.94. The first kappa shape index (κ1) is 25.2. The van der Waals surface area contributed by atoms with Crippen molar-refractivity contribution in [2.45, 2.75) is 13.8 Å². The van der Waals surface area contributed by atoms with Crippen LogP contribution < -0.4 is 25.2 Å². The molecule has 3 aromatic rings. The summed E-state index contributed by atoms with van der Waals surface area (Å²) in [6.07, 6.45) is 1.51. The summed E-state index contributed by atoms with van der Waals surface area (Å²) < 4.78 is 12.2. The van der Waals surface area contributed by atoms with Crippen molar-refractivity contribution in [1.82, 2.24) is 5.43 Å². The Balaban J connectivity index is 1.52. The summed E-state index contributed by atoms with van der Waals surface area (Å²) in [5, 5.41) is 4.01. The van der Waals surface area contributed by atoms with E-state index in [0.717, 1.165) is 5.56 Å². The van der Waals surface area contributed by atoms with Crippen LogP contribution in [0.2, 0.25) is 0 Å². The van der Waals surface area contributed by atoms with E-state index in [1.54, 1.807) is 36.4 Å². The fourth-order valence-electron chi connectivity index (χ4n) is 3.53. The first-order chi connectivity index (χ1) is 17.4. The Morgan fingerprint density at radius 1 is 1.06 bits per heavy atom. The normalized spacial score (nSPS) is 14.1. The second kappa shape index (κ2) is 11.3. The highest BCUT2D eigenvalue weighted by molar-refractivity contribution is 14.1. The van der Waals surface area contributed by atoms with Crippen molar-refractivity contribution in [2.75, 3.05) is 23.5 Å². The van der Waals surface area contributed by atoms with Gasteiger partial charge in [-0.15, -0.1) is 0 Å². The minimum atomic E-state index is -0.495. The number of nitrogens with one attached hydrogen (secondary N) is 2. The quantitative estimate of drug-likeness (QED) is 0.227. The maximum Gasteiger partial charge on any atom is 0.282 e. The third kappa shape index (κ3) is 5.85. The number of carbonyl (C=O) groups excluding carboxylic acids is 3. The number of anilines is 2. The van der Waals surface area contributed by atoms with E-state index in [9.17, 15) is 14.4 Å². The van der Waals surface area contributed by atoms with Crippen molar-refractivity contribution in [3.05, 3.63) is 87.0 Å². The van der Waals surface area contributed by atoms with Gasteiger partial charge in [-0.05, 0) is 84.5 Å². The molecule has 0 unspecified atom stereocenters. The number of benzene rings is 3. The molecule has 8 nitrogen and oxygen atoms in total. The van der Waals surface area contributed by atoms with Crippen molar-refractivity contribution in [3.63, 3.8) is 0 Å². The van der Waals surface area contributed by atoms with E-state index in [1.807, 2.05) is 44.2 Å². The molecule has 1 fully saturated rings. The molecule has 0 aromatic heterocycles. The number of aryl methyl sites for hydroxylation is 1. The molecule has 2 N–H and O–H groups in total. The number of rotatable bonds is 8. The average molecular weight is 597 g/mol.